The van der Waals surface area contributed by atoms with Crippen LogP contribution in [0, 0.1) is 0 Å². The molecule has 182 valence electrons. The Hall–Kier alpha value is -3.51. The number of amidine groups is 1. The van der Waals surface area contributed by atoms with E-state index in [1.807, 2.05) is 0 Å². The number of carbonyl (C=O) groups is 2. The van der Waals surface area contributed by atoms with Crippen LogP contribution >= 0.6 is 11.6 Å². The van der Waals surface area contributed by atoms with Crippen molar-refractivity contribution in [2.45, 2.75) is 31.7 Å². The Morgan fingerprint density at radius 2 is 2.15 bits per heavy atom. The fraction of sp³-hybridized carbons (Fsp3) is 0.333. The number of alkyl halides is 2. The van der Waals surface area contributed by atoms with Crippen molar-refractivity contribution in [1.29, 1.82) is 0 Å². The van der Waals surface area contributed by atoms with E-state index in [9.17, 15) is 23.5 Å². The van der Waals surface area contributed by atoms with Gasteiger partial charge >= 0.3 is 6.61 Å². The van der Waals surface area contributed by atoms with E-state index in [0.29, 0.717) is 17.7 Å². The number of rotatable bonds is 9. The molecule has 1 saturated heterocycles. The van der Waals surface area contributed by atoms with E-state index in [2.05, 4.69) is 25.0 Å². The topological polar surface area (TPSA) is 139 Å². The molecule has 2 atom stereocenters. The summed E-state index contributed by atoms with van der Waals surface area (Å²) >= 11 is 5.88. The highest BCUT2D eigenvalue weighted by Crippen LogP contribution is 2.29. The number of pyridine rings is 1. The molecule has 0 saturated carbocycles. The molecule has 4 N–H and O–H groups in total. The molecule has 34 heavy (non-hydrogen) atoms. The summed E-state index contributed by atoms with van der Waals surface area (Å²) in [4.78, 5) is 35.2. The molecule has 0 bridgehead atoms. The van der Waals surface area contributed by atoms with Gasteiger partial charge in [0.25, 0.3) is 5.91 Å². The highest BCUT2D eigenvalue weighted by Gasteiger charge is 2.40. The molecule has 0 aliphatic carbocycles. The van der Waals surface area contributed by atoms with Gasteiger partial charge in [0.05, 0.1) is 0 Å². The number of aromatic nitrogens is 1. The first-order valence-electron chi connectivity index (χ1n) is 10.0. The zero-order valence-electron chi connectivity index (χ0n) is 18.0. The number of carbonyl (C=O) groups excluding carboxylic acids is 2. The lowest BCUT2D eigenvalue weighted by Crippen LogP contribution is -2.59. The number of aliphatic hydroxyl groups excluding tert-OH is 1. The van der Waals surface area contributed by atoms with Gasteiger partial charge in [-0.1, -0.05) is 22.8 Å². The predicted molar refractivity (Wildman–Crippen MR) is 117 cm³/mol. The van der Waals surface area contributed by atoms with Crippen LogP contribution in [0.25, 0.3) is 0 Å². The Balaban J connectivity index is 1.59. The summed E-state index contributed by atoms with van der Waals surface area (Å²) in [5, 5.41) is 16.8. The molecule has 2 unspecified atom stereocenters. The second-order valence-electron chi connectivity index (χ2n) is 7.27. The van der Waals surface area contributed by atoms with Gasteiger partial charge in [0, 0.05) is 24.3 Å². The maximum Gasteiger partial charge on any atom is 0.387 e. The molecule has 13 heteroatoms. The number of oxime groups is 1. The molecule has 1 fully saturated rings. The number of hydrogen-bond acceptors (Lipinski definition) is 7. The largest absolute Gasteiger partial charge is 0.435 e. The summed E-state index contributed by atoms with van der Waals surface area (Å²) in [7, 11) is 1.36. The minimum Gasteiger partial charge on any atom is -0.435 e. The number of amides is 2. The smallest absolute Gasteiger partial charge is 0.387 e. The highest BCUT2D eigenvalue weighted by molar-refractivity contribution is 6.30. The van der Waals surface area contributed by atoms with Crippen LogP contribution in [-0.2, 0) is 21.0 Å². The van der Waals surface area contributed by atoms with Crippen molar-refractivity contribution in [3.8, 4) is 5.75 Å². The lowest BCUT2D eigenvalue weighted by molar-refractivity contribution is -0.154. The number of likely N-dealkylation sites (tertiary alicyclic amines) is 1. The van der Waals surface area contributed by atoms with Gasteiger partial charge in [0.1, 0.15) is 24.6 Å². The Labute approximate surface area is 198 Å². The minimum absolute atomic E-state index is 0.00720. The third kappa shape index (κ3) is 6.08. The quantitative estimate of drug-likeness (QED) is 0.271. The number of nitrogens with one attached hydrogen (secondary N) is 1. The molecule has 0 radical (unpaired) electrons. The summed E-state index contributed by atoms with van der Waals surface area (Å²) < 4.78 is 29.3. The molecule has 3 rings (SSSR count). The lowest BCUT2D eigenvalue weighted by Gasteiger charge is -2.40. The summed E-state index contributed by atoms with van der Waals surface area (Å²) in [6.45, 7) is -2.69. The number of nitrogens with zero attached hydrogens (tertiary/aromatic N) is 3. The van der Waals surface area contributed by atoms with Crippen molar-refractivity contribution < 1.29 is 33.1 Å². The first-order valence-corrected chi connectivity index (χ1v) is 10.4. The van der Waals surface area contributed by atoms with E-state index in [1.54, 1.807) is 12.1 Å². The van der Waals surface area contributed by atoms with Crippen molar-refractivity contribution in [3.05, 3.63) is 58.4 Å². The van der Waals surface area contributed by atoms with Crippen LogP contribution in [0.2, 0.25) is 5.02 Å². The number of nitrogens with two attached hydrogens (primary N) is 1. The summed E-state index contributed by atoms with van der Waals surface area (Å²) in [5.41, 5.74) is 6.74. The second-order valence-corrected chi connectivity index (χ2v) is 7.70. The Morgan fingerprint density at radius 3 is 2.74 bits per heavy atom. The molecular weight excluding hydrogens is 476 g/mol. The number of aliphatic hydroxyl groups is 1. The molecule has 0 spiro atoms. The third-order valence-electron chi connectivity index (χ3n) is 5.02. The standard InChI is InChI=1S/C21H22ClF2N5O5/c1-33-28-18(25)15-3-2-11(9-26-15)10-27-19(31)16-4-5-29(16)20(32)17(30)12-6-13(22)8-14(7-12)34-21(23)24/h2-3,6-9,16-17,21,30H,4-5,10H2,1H3,(H2,25,28)(H,27,31). The average molecular weight is 498 g/mol. The van der Waals surface area contributed by atoms with Crippen LogP contribution in [0.1, 0.15) is 29.3 Å². The molecule has 1 aliphatic heterocycles. The zero-order valence-corrected chi connectivity index (χ0v) is 18.7. The monoisotopic (exact) mass is 497 g/mol. The lowest BCUT2D eigenvalue weighted by atomic mass is 9.98. The van der Waals surface area contributed by atoms with E-state index in [-0.39, 0.29) is 35.3 Å². The van der Waals surface area contributed by atoms with Gasteiger partial charge < -0.3 is 30.6 Å². The first kappa shape index (κ1) is 25.1. The second kappa shape index (κ2) is 11.1. The minimum atomic E-state index is -3.09. The molecule has 1 aromatic heterocycles. The fourth-order valence-corrected chi connectivity index (χ4v) is 3.50. The Morgan fingerprint density at radius 1 is 1.38 bits per heavy atom. The van der Waals surface area contributed by atoms with Crippen molar-refractivity contribution in [1.82, 2.24) is 15.2 Å². The van der Waals surface area contributed by atoms with Crippen LogP contribution < -0.4 is 15.8 Å². The SMILES string of the molecule is CO/N=C(/N)c1ccc(CNC(=O)C2CCN2C(=O)C(O)c2cc(Cl)cc(OC(F)F)c2)cn1. The molecule has 10 nitrogen and oxygen atoms in total. The van der Waals surface area contributed by atoms with Gasteiger partial charge in [-0.2, -0.15) is 8.78 Å². The Kier molecular flexibility index (Phi) is 8.18. The van der Waals surface area contributed by atoms with E-state index in [1.165, 1.54) is 24.3 Å². The third-order valence-corrected chi connectivity index (χ3v) is 5.24. The van der Waals surface area contributed by atoms with Crippen molar-refractivity contribution in [2.24, 2.45) is 10.9 Å². The van der Waals surface area contributed by atoms with Crippen LogP contribution in [-0.4, -0.2) is 58.9 Å². The van der Waals surface area contributed by atoms with Gasteiger partial charge in [0.2, 0.25) is 5.91 Å². The van der Waals surface area contributed by atoms with Gasteiger partial charge in [-0.25, -0.2) is 0 Å². The van der Waals surface area contributed by atoms with Crippen LogP contribution in [0.5, 0.6) is 5.75 Å². The average Bonchev–Trinajstić information content (AvgIpc) is 2.76. The van der Waals surface area contributed by atoms with Crippen LogP contribution in [0.4, 0.5) is 8.78 Å². The molecular formula is C21H22ClF2N5O5. The van der Waals surface area contributed by atoms with Crippen molar-refractivity contribution >= 4 is 29.3 Å². The van der Waals surface area contributed by atoms with Gasteiger partial charge in [-0.05, 0) is 41.8 Å². The molecule has 1 aromatic carbocycles. The summed E-state index contributed by atoms with van der Waals surface area (Å²) in [5.74, 6) is -1.36. The zero-order chi connectivity index (χ0) is 24.8. The highest BCUT2D eigenvalue weighted by atomic mass is 35.5. The molecule has 2 aromatic rings. The molecule has 1 aliphatic rings. The fourth-order valence-electron chi connectivity index (χ4n) is 3.27. The molecule has 2 heterocycles. The number of benzene rings is 1. The summed E-state index contributed by atoms with van der Waals surface area (Å²) in [6.07, 6.45) is 0.213. The van der Waals surface area contributed by atoms with Crippen molar-refractivity contribution in [2.75, 3.05) is 13.7 Å². The van der Waals surface area contributed by atoms with Crippen LogP contribution in [0.3, 0.4) is 0 Å². The maximum absolute atomic E-state index is 12.7. The Bertz CT molecular complexity index is 1070. The first-order chi connectivity index (χ1) is 16.2. The van der Waals surface area contributed by atoms with Crippen LogP contribution in [0.15, 0.2) is 41.7 Å². The number of hydrogen-bond donors (Lipinski definition) is 3. The van der Waals surface area contributed by atoms with E-state index >= 15 is 0 Å². The normalized spacial score (nSPS) is 16.6. The maximum atomic E-state index is 12.7. The molecule has 2 amide bonds. The number of ether oxygens (including phenoxy) is 1. The van der Waals surface area contributed by atoms with Gasteiger partial charge in [-0.3, -0.25) is 14.6 Å². The van der Waals surface area contributed by atoms with E-state index < -0.39 is 30.6 Å². The van der Waals surface area contributed by atoms with E-state index in [0.717, 1.165) is 12.1 Å². The predicted octanol–water partition coefficient (Wildman–Crippen LogP) is 1.55. The number of halogens is 3. The van der Waals surface area contributed by atoms with Crippen molar-refractivity contribution in [3.63, 3.8) is 0 Å². The summed E-state index contributed by atoms with van der Waals surface area (Å²) in [6, 6.07) is 6.02. The van der Waals surface area contributed by atoms with Gasteiger partial charge in [-0.15, -0.1) is 0 Å². The van der Waals surface area contributed by atoms with Gasteiger partial charge in [0.15, 0.2) is 11.9 Å². The van der Waals surface area contributed by atoms with E-state index in [4.69, 9.17) is 17.3 Å².